The quantitative estimate of drug-likeness (QED) is 0.0443. The van der Waals surface area contributed by atoms with Crippen LogP contribution in [0.2, 0.25) is 0 Å². The van der Waals surface area contributed by atoms with Crippen LogP contribution in [0, 0.1) is 0 Å². The van der Waals surface area contributed by atoms with Gasteiger partial charge in [0.2, 0.25) is 0 Å². The van der Waals surface area contributed by atoms with E-state index in [0.717, 1.165) is 38.5 Å². The van der Waals surface area contributed by atoms with Crippen LogP contribution in [0.15, 0.2) is 48.6 Å². The summed E-state index contributed by atoms with van der Waals surface area (Å²) in [7, 11) is 3.94. The lowest BCUT2D eigenvalue weighted by atomic mass is 9.98. The van der Waals surface area contributed by atoms with E-state index in [4.69, 9.17) is 14.3 Å². The van der Waals surface area contributed by atoms with Crippen molar-refractivity contribution < 1.29 is 14.3 Å². The molecule has 4 heteroatoms. The summed E-state index contributed by atoms with van der Waals surface area (Å²) in [4.78, 5) is 5.96. The topological polar surface area (TPSA) is 30.9 Å². The van der Waals surface area contributed by atoms with Crippen molar-refractivity contribution in [1.82, 2.24) is 5.06 Å². The molecule has 2 fully saturated rings. The number of nitrogens with zero attached hydrogens (tertiary/aromatic N) is 1. The van der Waals surface area contributed by atoms with Crippen LogP contribution < -0.4 is 0 Å². The van der Waals surface area contributed by atoms with Crippen molar-refractivity contribution in [3.63, 3.8) is 0 Å². The molecule has 46 heavy (non-hydrogen) atoms. The molecular weight excluding hydrogens is 566 g/mol. The van der Waals surface area contributed by atoms with E-state index in [1.165, 1.54) is 128 Å². The van der Waals surface area contributed by atoms with Crippen LogP contribution in [0.3, 0.4) is 0 Å². The second kappa shape index (κ2) is 27.7. The Balaban J connectivity index is 1.59. The molecule has 2 rings (SSSR count). The molecule has 0 aromatic heterocycles. The third-order valence-electron chi connectivity index (χ3n) is 9.51. The molecule has 266 valence electrons. The molecule has 1 aliphatic heterocycles. The molecule has 0 aromatic carbocycles. The van der Waals surface area contributed by atoms with Crippen molar-refractivity contribution >= 4 is 0 Å². The second-order valence-corrected chi connectivity index (χ2v) is 14.2. The third kappa shape index (κ3) is 20.2. The summed E-state index contributed by atoms with van der Waals surface area (Å²) < 4.78 is 13.6. The molecule has 0 radical (unpaired) electrons. The fourth-order valence-corrected chi connectivity index (χ4v) is 6.88. The van der Waals surface area contributed by atoms with Gasteiger partial charge in [-0.2, -0.15) is 5.06 Å². The molecule has 2 aliphatic rings. The highest BCUT2D eigenvalue weighted by atomic mass is 16.8. The van der Waals surface area contributed by atoms with Crippen LogP contribution in [0.5, 0.6) is 0 Å². The van der Waals surface area contributed by atoms with E-state index in [0.29, 0.717) is 0 Å². The van der Waals surface area contributed by atoms with Gasteiger partial charge in [0.25, 0.3) is 0 Å². The Hall–Kier alpha value is -1.20. The van der Waals surface area contributed by atoms with Crippen molar-refractivity contribution in [2.45, 2.75) is 205 Å². The molecule has 1 saturated heterocycles. The number of hydroxylamine groups is 2. The minimum atomic E-state index is -0.357. The molecule has 0 amide bonds. The lowest BCUT2D eigenvalue weighted by Crippen LogP contribution is -2.33. The zero-order chi connectivity index (χ0) is 33.0. The van der Waals surface area contributed by atoms with Gasteiger partial charge in [-0.1, -0.05) is 140 Å². The Morgan fingerprint density at radius 2 is 0.891 bits per heavy atom. The maximum absolute atomic E-state index is 6.78. The van der Waals surface area contributed by atoms with Crippen LogP contribution in [0.25, 0.3) is 0 Å². The predicted octanol–water partition coefficient (Wildman–Crippen LogP) is 12.7. The normalized spacial score (nSPS) is 21.4. The van der Waals surface area contributed by atoms with Crippen molar-refractivity contribution in [3.8, 4) is 0 Å². The Morgan fingerprint density at radius 3 is 1.28 bits per heavy atom. The summed E-state index contributed by atoms with van der Waals surface area (Å²) in [6.45, 7) is 4.51. The van der Waals surface area contributed by atoms with Gasteiger partial charge in [-0.25, -0.2) is 0 Å². The number of rotatable bonds is 30. The van der Waals surface area contributed by atoms with Crippen molar-refractivity contribution in [1.29, 1.82) is 0 Å². The van der Waals surface area contributed by atoms with E-state index in [1.54, 1.807) is 0 Å². The molecule has 4 nitrogen and oxygen atoms in total. The molecule has 1 saturated carbocycles. The highest BCUT2D eigenvalue weighted by Crippen LogP contribution is 2.44. The molecule has 1 heterocycles. The van der Waals surface area contributed by atoms with Crippen molar-refractivity contribution in [2.24, 2.45) is 0 Å². The van der Waals surface area contributed by atoms with E-state index < -0.39 is 0 Å². The first-order chi connectivity index (χ1) is 22.6. The van der Waals surface area contributed by atoms with Crippen LogP contribution in [-0.2, 0) is 14.3 Å². The Bertz CT molecular complexity index is 754. The van der Waals surface area contributed by atoms with Gasteiger partial charge >= 0.3 is 0 Å². The van der Waals surface area contributed by atoms with Gasteiger partial charge < -0.3 is 9.47 Å². The maximum Gasteiger partial charge on any atom is 0.169 e. The molecule has 0 bridgehead atoms. The number of allylic oxidation sites excluding steroid dienone is 8. The summed E-state index contributed by atoms with van der Waals surface area (Å²) >= 11 is 0. The summed E-state index contributed by atoms with van der Waals surface area (Å²) in [5.41, 5.74) is 0. The monoisotopic (exact) mass is 642 g/mol. The summed E-state index contributed by atoms with van der Waals surface area (Å²) in [6.07, 6.45) is 51.3. The van der Waals surface area contributed by atoms with E-state index in [-0.39, 0.29) is 24.1 Å². The summed E-state index contributed by atoms with van der Waals surface area (Å²) in [6, 6.07) is 0. The van der Waals surface area contributed by atoms with Crippen LogP contribution in [0.1, 0.15) is 181 Å². The Kier molecular flexibility index (Phi) is 24.7. The van der Waals surface area contributed by atoms with Gasteiger partial charge in [0.15, 0.2) is 5.79 Å². The number of fused-ring (bicyclic) bond motifs is 1. The predicted molar refractivity (Wildman–Crippen MR) is 199 cm³/mol. The minimum Gasteiger partial charge on any atom is -0.344 e. The van der Waals surface area contributed by atoms with Gasteiger partial charge in [-0.3, -0.25) is 4.84 Å². The molecule has 0 unspecified atom stereocenters. The van der Waals surface area contributed by atoms with Gasteiger partial charge in [0, 0.05) is 39.8 Å². The van der Waals surface area contributed by atoms with Gasteiger partial charge in [-0.15, -0.1) is 0 Å². The van der Waals surface area contributed by atoms with E-state index in [1.807, 2.05) is 19.2 Å². The average molecular weight is 642 g/mol. The number of hydrogen-bond donors (Lipinski definition) is 0. The third-order valence-corrected chi connectivity index (χ3v) is 9.51. The van der Waals surface area contributed by atoms with E-state index in [9.17, 15) is 0 Å². The maximum atomic E-state index is 6.78. The van der Waals surface area contributed by atoms with Crippen LogP contribution in [-0.4, -0.2) is 43.3 Å². The molecule has 1 aliphatic carbocycles. The first-order valence-electron chi connectivity index (χ1n) is 19.9. The lowest BCUT2D eigenvalue weighted by molar-refractivity contribution is -0.213. The highest BCUT2D eigenvalue weighted by Gasteiger charge is 2.51. The molecule has 0 aromatic rings. The van der Waals surface area contributed by atoms with Crippen LogP contribution in [0.4, 0.5) is 0 Å². The van der Waals surface area contributed by atoms with Crippen molar-refractivity contribution in [2.75, 3.05) is 14.1 Å². The van der Waals surface area contributed by atoms with E-state index in [2.05, 4.69) is 62.5 Å². The molecule has 0 spiro atoms. The largest absolute Gasteiger partial charge is 0.344 e. The second-order valence-electron chi connectivity index (χ2n) is 14.2. The summed E-state index contributed by atoms with van der Waals surface area (Å²) in [5.74, 6) is -0.357. The SMILES string of the molecule is CCCC/C=C\C/C=C\CCCCCCCCC1(CCCCCCCC/C=C\C/C=C\CCCC)O[C@H]2C[C@H](ON(C)C)C[C@H]2O1. The lowest BCUT2D eigenvalue weighted by Gasteiger charge is -2.30. The van der Waals surface area contributed by atoms with Gasteiger partial charge in [0.1, 0.15) is 0 Å². The number of unbranched alkanes of at least 4 members (excludes halogenated alkanes) is 16. The zero-order valence-electron chi connectivity index (χ0n) is 30.9. The fourth-order valence-electron chi connectivity index (χ4n) is 6.88. The standard InChI is InChI=1S/C42H75NO3/c1-5-7-9-11-13-15-17-19-21-23-25-27-29-31-33-35-42(44-40-37-39(46-43(3)4)38-41(40)45-42)36-34-32-30-28-26-24-22-20-18-16-14-12-10-8-6-2/h11-14,17-20,39-41H,5-10,15-16,21-38H2,1-4H3/b13-11-,14-12-,19-17-,20-18-/t39-,40-,41+. The first kappa shape index (κ1) is 41.0. The van der Waals surface area contributed by atoms with E-state index >= 15 is 0 Å². The smallest absolute Gasteiger partial charge is 0.169 e. The highest BCUT2D eigenvalue weighted by molar-refractivity contribution is 4.95. The van der Waals surface area contributed by atoms with Crippen LogP contribution >= 0.6 is 0 Å². The molecular formula is C42H75NO3. The van der Waals surface area contributed by atoms with Gasteiger partial charge in [0.05, 0.1) is 18.3 Å². The first-order valence-corrected chi connectivity index (χ1v) is 19.9. The summed E-state index contributed by atoms with van der Waals surface area (Å²) in [5, 5.41) is 1.82. The minimum absolute atomic E-state index is 0.199. The number of ether oxygens (including phenoxy) is 2. The molecule has 0 N–H and O–H groups in total. The zero-order valence-corrected chi connectivity index (χ0v) is 30.9. The average Bonchev–Trinajstić information content (AvgIpc) is 3.55. The molecule has 3 atom stereocenters. The Morgan fingerprint density at radius 1 is 0.522 bits per heavy atom. The fraction of sp³-hybridized carbons (Fsp3) is 0.810. The Labute approximate surface area is 286 Å². The number of hydrogen-bond acceptors (Lipinski definition) is 4. The van der Waals surface area contributed by atoms with Crippen molar-refractivity contribution in [3.05, 3.63) is 48.6 Å². The van der Waals surface area contributed by atoms with Gasteiger partial charge in [-0.05, 0) is 64.2 Å².